The fourth-order valence-corrected chi connectivity index (χ4v) is 3.36. The van der Waals surface area contributed by atoms with E-state index in [2.05, 4.69) is 32.0 Å². The molecular formula is C14H19N5OS. The third kappa shape index (κ3) is 2.83. The number of hydrogen-bond acceptors (Lipinski definition) is 5. The number of rotatable bonds is 4. The number of aromatic nitrogens is 4. The molecule has 2 aromatic rings. The molecule has 2 aromatic heterocycles. The Balaban J connectivity index is 1.67. The summed E-state index contributed by atoms with van der Waals surface area (Å²) in [5, 5.41) is 12.5. The Kier molecular flexibility index (Phi) is 4.01. The zero-order valence-electron chi connectivity index (χ0n) is 12.3. The summed E-state index contributed by atoms with van der Waals surface area (Å²) in [5.41, 5.74) is 0. The van der Waals surface area contributed by atoms with E-state index in [1.54, 1.807) is 6.20 Å². The van der Waals surface area contributed by atoms with Crippen molar-refractivity contribution in [1.29, 1.82) is 0 Å². The first-order chi connectivity index (χ1) is 10.2. The summed E-state index contributed by atoms with van der Waals surface area (Å²) in [6.07, 6.45) is 5.17. The first-order valence-electron chi connectivity index (χ1n) is 7.37. The minimum absolute atomic E-state index is 0.0215. The molecule has 0 unspecified atom stereocenters. The molecule has 1 atom stereocenters. The molecule has 6 nitrogen and oxygen atoms in total. The summed E-state index contributed by atoms with van der Waals surface area (Å²) in [6, 6.07) is 0.137. The van der Waals surface area contributed by atoms with Crippen LogP contribution in [0.25, 0.3) is 0 Å². The molecule has 7 heteroatoms. The standard InChI is InChI=1S/C14H19N5OS/c1-3-11-17-18-12-6-5-9(8-19(11)12)16-14(20)10-7-15-13(4-2)21-10/h7,9H,3-6,8H2,1-2H3,(H,16,20)/t9-/m0/s1. The number of nitrogens with zero attached hydrogens (tertiary/aromatic N) is 4. The van der Waals surface area contributed by atoms with Gasteiger partial charge in [0, 0.05) is 25.4 Å². The average Bonchev–Trinajstić information content (AvgIpc) is 3.13. The van der Waals surface area contributed by atoms with Gasteiger partial charge in [-0.3, -0.25) is 4.79 Å². The Morgan fingerprint density at radius 1 is 1.43 bits per heavy atom. The largest absolute Gasteiger partial charge is 0.347 e. The van der Waals surface area contributed by atoms with E-state index < -0.39 is 0 Å². The number of nitrogens with one attached hydrogen (secondary N) is 1. The van der Waals surface area contributed by atoms with Crippen LogP contribution < -0.4 is 5.32 Å². The summed E-state index contributed by atoms with van der Waals surface area (Å²) < 4.78 is 2.14. The molecule has 0 aromatic carbocycles. The van der Waals surface area contributed by atoms with Crippen molar-refractivity contribution < 1.29 is 4.79 Å². The van der Waals surface area contributed by atoms with E-state index >= 15 is 0 Å². The van der Waals surface area contributed by atoms with Crippen molar-refractivity contribution in [1.82, 2.24) is 25.1 Å². The van der Waals surface area contributed by atoms with Gasteiger partial charge in [-0.2, -0.15) is 0 Å². The Hall–Kier alpha value is -1.76. The molecule has 0 radical (unpaired) electrons. The zero-order chi connectivity index (χ0) is 14.8. The van der Waals surface area contributed by atoms with Gasteiger partial charge in [-0.1, -0.05) is 13.8 Å². The van der Waals surface area contributed by atoms with E-state index in [0.29, 0.717) is 4.88 Å². The molecule has 1 aliphatic heterocycles. The average molecular weight is 305 g/mol. The van der Waals surface area contributed by atoms with E-state index in [0.717, 1.165) is 48.9 Å². The smallest absolute Gasteiger partial charge is 0.263 e. The summed E-state index contributed by atoms with van der Waals surface area (Å²) in [6.45, 7) is 4.88. The number of carbonyl (C=O) groups excluding carboxylic acids is 1. The molecule has 21 heavy (non-hydrogen) atoms. The number of amides is 1. The first kappa shape index (κ1) is 14.2. The first-order valence-corrected chi connectivity index (χ1v) is 8.19. The predicted molar refractivity (Wildman–Crippen MR) is 80.5 cm³/mol. The molecule has 3 heterocycles. The van der Waals surface area contributed by atoms with Crippen molar-refractivity contribution >= 4 is 17.2 Å². The van der Waals surface area contributed by atoms with Crippen LogP contribution in [0.5, 0.6) is 0 Å². The molecule has 0 saturated carbocycles. The van der Waals surface area contributed by atoms with Crippen LogP contribution >= 0.6 is 11.3 Å². The predicted octanol–water partition coefficient (Wildman–Crippen LogP) is 1.60. The lowest BCUT2D eigenvalue weighted by Gasteiger charge is -2.24. The minimum Gasteiger partial charge on any atom is -0.347 e. The molecule has 3 rings (SSSR count). The van der Waals surface area contributed by atoms with Gasteiger partial charge in [-0.05, 0) is 12.8 Å². The molecule has 0 spiro atoms. The molecule has 0 saturated heterocycles. The molecular weight excluding hydrogens is 286 g/mol. The summed E-state index contributed by atoms with van der Waals surface area (Å²) in [5.74, 6) is 2.00. The van der Waals surface area contributed by atoms with Gasteiger partial charge in [0.15, 0.2) is 0 Å². The number of carbonyl (C=O) groups is 1. The van der Waals surface area contributed by atoms with Gasteiger partial charge in [-0.25, -0.2) is 4.98 Å². The van der Waals surface area contributed by atoms with E-state index in [4.69, 9.17) is 0 Å². The van der Waals surface area contributed by atoms with Crippen molar-refractivity contribution in [3.8, 4) is 0 Å². The molecule has 1 aliphatic rings. The van der Waals surface area contributed by atoms with E-state index in [-0.39, 0.29) is 11.9 Å². The van der Waals surface area contributed by atoms with Crippen molar-refractivity contribution in [3.05, 3.63) is 27.7 Å². The van der Waals surface area contributed by atoms with Crippen LogP contribution in [-0.2, 0) is 25.8 Å². The van der Waals surface area contributed by atoms with Crippen molar-refractivity contribution in [2.75, 3.05) is 0 Å². The summed E-state index contributed by atoms with van der Waals surface area (Å²) >= 11 is 1.47. The Morgan fingerprint density at radius 3 is 3.00 bits per heavy atom. The maximum atomic E-state index is 12.3. The van der Waals surface area contributed by atoms with Crippen LogP contribution in [0.2, 0.25) is 0 Å². The van der Waals surface area contributed by atoms with Crippen molar-refractivity contribution in [3.63, 3.8) is 0 Å². The zero-order valence-corrected chi connectivity index (χ0v) is 13.1. The minimum atomic E-state index is -0.0215. The molecule has 112 valence electrons. The van der Waals surface area contributed by atoms with Gasteiger partial charge in [0.25, 0.3) is 5.91 Å². The second-order valence-corrected chi connectivity index (χ2v) is 6.29. The van der Waals surface area contributed by atoms with Gasteiger partial charge < -0.3 is 9.88 Å². The van der Waals surface area contributed by atoms with Crippen molar-refractivity contribution in [2.45, 2.75) is 52.1 Å². The van der Waals surface area contributed by atoms with Gasteiger partial charge in [0.2, 0.25) is 0 Å². The number of fused-ring (bicyclic) bond motifs is 1. The normalized spacial score (nSPS) is 17.5. The summed E-state index contributed by atoms with van der Waals surface area (Å²) in [4.78, 5) is 17.2. The molecule has 0 aliphatic carbocycles. The topological polar surface area (TPSA) is 72.7 Å². The second-order valence-electron chi connectivity index (χ2n) is 5.18. The van der Waals surface area contributed by atoms with Gasteiger partial charge in [0.05, 0.1) is 11.2 Å². The van der Waals surface area contributed by atoms with Crippen LogP contribution in [-0.4, -0.2) is 31.7 Å². The van der Waals surface area contributed by atoms with Crippen LogP contribution in [0.3, 0.4) is 0 Å². The van der Waals surface area contributed by atoms with Crippen molar-refractivity contribution in [2.24, 2.45) is 0 Å². The van der Waals surface area contributed by atoms with Gasteiger partial charge >= 0.3 is 0 Å². The number of hydrogen-bond donors (Lipinski definition) is 1. The van der Waals surface area contributed by atoms with Crippen LogP contribution in [0.4, 0.5) is 0 Å². The highest BCUT2D eigenvalue weighted by atomic mass is 32.1. The van der Waals surface area contributed by atoms with E-state index in [9.17, 15) is 4.79 Å². The SMILES string of the molecule is CCc1ncc(C(=O)N[C@H]2CCc3nnc(CC)n3C2)s1. The molecule has 0 bridgehead atoms. The molecule has 0 fully saturated rings. The van der Waals surface area contributed by atoms with Crippen LogP contribution in [0.15, 0.2) is 6.20 Å². The third-order valence-electron chi connectivity index (χ3n) is 3.75. The Labute approximate surface area is 127 Å². The second kappa shape index (κ2) is 5.93. The fraction of sp³-hybridized carbons (Fsp3) is 0.571. The third-order valence-corrected chi connectivity index (χ3v) is 4.90. The maximum absolute atomic E-state index is 12.3. The van der Waals surface area contributed by atoms with E-state index in [1.165, 1.54) is 11.3 Å². The molecule has 1 N–H and O–H groups in total. The summed E-state index contributed by atoms with van der Waals surface area (Å²) in [7, 11) is 0. The lowest BCUT2D eigenvalue weighted by molar-refractivity contribution is 0.0931. The van der Waals surface area contributed by atoms with Crippen LogP contribution in [0.1, 0.15) is 46.6 Å². The monoisotopic (exact) mass is 305 g/mol. The Bertz CT molecular complexity index is 634. The van der Waals surface area contributed by atoms with E-state index in [1.807, 2.05) is 6.92 Å². The maximum Gasteiger partial charge on any atom is 0.263 e. The van der Waals surface area contributed by atoms with Gasteiger partial charge in [-0.15, -0.1) is 21.5 Å². The van der Waals surface area contributed by atoms with Gasteiger partial charge in [0.1, 0.15) is 16.5 Å². The quantitative estimate of drug-likeness (QED) is 0.931. The lowest BCUT2D eigenvalue weighted by atomic mass is 10.1. The van der Waals surface area contributed by atoms with Crippen LogP contribution in [0, 0.1) is 0 Å². The highest BCUT2D eigenvalue weighted by Gasteiger charge is 2.24. The lowest BCUT2D eigenvalue weighted by Crippen LogP contribution is -2.41. The number of thiazole rings is 1. The molecule has 1 amide bonds. The highest BCUT2D eigenvalue weighted by molar-refractivity contribution is 7.13. The highest BCUT2D eigenvalue weighted by Crippen LogP contribution is 2.17. The fourth-order valence-electron chi connectivity index (χ4n) is 2.60. The Morgan fingerprint density at radius 2 is 2.29 bits per heavy atom. The number of aryl methyl sites for hydroxylation is 3.